The van der Waals surface area contributed by atoms with Gasteiger partial charge in [0.05, 0.1) is 24.4 Å². The molecule has 0 aromatic carbocycles. The standard InChI is InChI=1S/C11H14N4O2/c1-11(2,12)10-14-9(17-15-10)7-4-5-13-6-8(7)16-3/h4-6H,12H2,1-3H3. The zero-order valence-electron chi connectivity index (χ0n) is 9.97. The topological polar surface area (TPSA) is 87.1 Å². The molecule has 6 nitrogen and oxygen atoms in total. The van der Waals surface area contributed by atoms with Crippen LogP contribution in [-0.4, -0.2) is 22.2 Å². The Morgan fingerprint density at radius 1 is 1.41 bits per heavy atom. The van der Waals surface area contributed by atoms with Crippen LogP contribution in [-0.2, 0) is 5.54 Å². The van der Waals surface area contributed by atoms with E-state index in [9.17, 15) is 0 Å². The second-order valence-electron chi connectivity index (χ2n) is 4.22. The molecule has 0 saturated heterocycles. The molecule has 0 fully saturated rings. The van der Waals surface area contributed by atoms with Crippen LogP contribution in [0.3, 0.4) is 0 Å². The fourth-order valence-electron chi connectivity index (χ4n) is 1.31. The van der Waals surface area contributed by atoms with Crippen LogP contribution in [0.2, 0.25) is 0 Å². The van der Waals surface area contributed by atoms with Gasteiger partial charge in [0.1, 0.15) is 5.75 Å². The minimum atomic E-state index is -0.637. The molecule has 0 amide bonds. The molecule has 0 unspecified atom stereocenters. The molecule has 2 aromatic heterocycles. The number of methoxy groups -OCH3 is 1. The maximum absolute atomic E-state index is 5.89. The van der Waals surface area contributed by atoms with Crippen LogP contribution in [0.15, 0.2) is 23.0 Å². The highest BCUT2D eigenvalue weighted by molar-refractivity contribution is 5.61. The van der Waals surface area contributed by atoms with E-state index in [1.54, 1.807) is 25.6 Å². The zero-order chi connectivity index (χ0) is 12.5. The van der Waals surface area contributed by atoms with Crippen molar-refractivity contribution in [2.45, 2.75) is 19.4 Å². The van der Waals surface area contributed by atoms with Crippen molar-refractivity contribution in [2.75, 3.05) is 7.11 Å². The number of ether oxygens (including phenoxy) is 1. The zero-order valence-corrected chi connectivity index (χ0v) is 9.97. The Kier molecular flexibility index (Phi) is 2.81. The van der Waals surface area contributed by atoms with Crippen LogP contribution in [0, 0.1) is 0 Å². The summed E-state index contributed by atoms with van der Waals surface area (Å²) in [5.41, 5.74) is 5.95. The first-order chi connectivity index (χ1) is 8.02. The lowest BCUT2D eigenvalue weighted by Gasteiger charge is -2.11. The summed E-state index contributed by atoms with van der Waals surface area (Å²) in [5, 5.41) is 3.85. The van der Waals surface area contributed by atoms with Gasteiger partial charge in [-0.2, -0.15) is 4.98 Å². The van der Waals surface area contributed by atoms with Gasteiger partial charge in [-0.1, -0.05) is 5.16 Å². The van der Waals surface area contributed by atoms with E-state index in [-0.39, 0.29) is 0 Å². The average molecular weight is 234 g/mol. The summed E-state index contributed by atoms with van der Waals surface area (Å²) in [6.45, 7) is 3.62. The van der Waals surface area contributed by atoms with E-state index in [1.807, 2.05) is 13.8 Å². The van der Waals surface area contributed by atoms with Gasteiger partial charge in [-0.05, 0) is 19.9 Å². The Hall–Kier alpha value is -1.95. The van der Waals surface area contributed by atoms with Crippen molar-refractivity contribution in [1.82, 2.24) is 15.1 Å². The average Bonchev–Trinajstić information content (AvgIpc) is 2.77. The van der Waals surface area contributed by atoms with Crippen molar-refractivity contribution >= 4 is 0 Å². The number of aromatic nitrogens is 3. The van der Waals surface area contributed by atoms with Crippen molar-refractivity contribution in [2.24, 2.45) is 5.73 Å². The van der Waals surface area contributed by atoms with Crippen molar-refractivity contribution in [1.29, 1.82) is 0 Å². The molecule has 0 aliphatic carbocycles. The van der Waals surface area contributed by atoms with E-state index < -0.39 is 5.54 Å². The predicted molar refractivity (Wildman–Crippen MR) is 61.3 cm³/mol. The van der Waals surface area contributed by atoms with Gasteiger partial charge in [0.2, 0.25) is 0 Å². The summed E-state index contributed by atoms with van der Waals surface area (Å²) >= 11 is 0. The van der Waals surface area contributed by atoms with Gasteiger partial charge in [-0.3, -0.25) is 4.98 Å². The molecule has 2 N–H and O–H groups in total. The van der Waals surface area contributed by atoms with Gasteiger partial charge in [-0.15, -0.1) is 0 Å². The van der Waals surface area contributed by atoms with Crippen molar-refractivity contribution < 1.29 is 9.26 Å². The second kappa shape index (κ2) is 4.14. The third-order valence-electron chi connectivity index (χ3n) is 2.24. The van der Waals surface area contributed by atoms with Crippen molar-refractivity contribution in [3.63, 3.8) is 0 Å². The first kappa shape index (κ1) is 11.5. The van der Waals surface area contributed by atoms with Gasteiger partial charge in [0, 0.05) is 6.20 Å². The molecule has 2 aromatic rings. The van der Waals surface area contributed by atoms with Gasteiger partial charge in [0.25, 0.3) is 5.89 Å². The lowest BCUT2D eigenvalue weighted by Crippen LogP contribution is -2.30. The number of hydrogen-bond donors (Lipinski definition) is 1. The predicted octanol–water partition coefficient (Wildman–Crippen LogP) is 1.33. The SMILES string of the molecule is COc1cnccc1-c1nc(C(C)(C)N)no1. The quantitative estimate of drug-likeness (QED) is 0.862. The molecule has 0 bridgehead atoms. The first-order valence-corrected chi connectivity index (χ1v) is 5.14. The molecule has 0 aliphatic rings. The second-order valence-corrected chi connectivity index (χ2v) is 4.22. The van der Waals surface area contributed by atoms with Gasteiger partial charge >= 0.3 is 0 Å². The Morgan fingerprint density at radius 3 is 2.76 bits per heavy atom. The smallest absolute Gasteiger partial charge is 0.261 e. The molecule has 17 heavy (non-hydrogen) atoms. The lowest BCUT2D eigenvalue weighted by atomic mass is 10.1. The highest BCUT2D eigenvalue weighted by atomic mass is 16.5. The highest BCUT2D eigenvalue weighted by Crippen LogP contribution is 2.28. The van der Waals surface area contributed by atoms with E-state index in [0.29, 0.717) is 23.0 Å². The maximum atomic E-state index is 5.89. The third kappa shape index (κ3) is 2.26. The molecule has 6 heteroatoms. The van der Waals surface area contributed by atoms with Crippen LogP contribution in [0.25, 0.3) is 11.5 Å². The van der Waals surface area contributed by atoms with E-state index in [0.717, 1.165) is 0 Å². The van der Waals surface area contributed by atoms with Gasteiger partial charge in [0.15, 0.2) is 5.82 Å². The number of nitrogens with two attached hydrogens (primary N) is 1. The van der Waals surface area contributed by atoms with Crippen LogP contribution in [0.4, 0.5) is 0 Å². The molecular formula is C11H14N4O2. The Labute approximate surface area is 98.8 Å². The molecule has 90 valence electrons. The first-order valence-electron chi connectivity index (χ1n) is 5.14. The Bertz CT molecular complexity index is 516. The minimum absolute atomic E-state index is 0.373. The maximum Gasteiger partial charge on any atom is 0.261 e. The fraction of sp³-hybridized carbons (Fsp3) is 0.364. The Balaban J connectivity index is 2.44. The molecule has 0 spiro atoms. The molecule has 2 rings (SSSR count). The Morgan fingerprint density at radius 2 is 2.18 bits per heavy atom. The van der Waals surface area contributed by atoms with Gasteiger partial charge < -0.3 is 15.0 Å². The molecular weight excluding hydrogens is 220 g/mol. The molecule has 0 atom stereocenters. The van der Waals surface area contributed by atoms with E-state index in [4.69, 9.17) is 15.0 Å². The summed E-state index contributed by atoms with van der Waals surface area (Å²) in [6.07, 6.45) is 3.22. The number of rotatable bonds is 3. The fourth-order valence-corrected chi connectivity index (χ4v) is 1.31. The molecule has 2 heterocycles. The van der Waals surface area contributed by atoms with E-state index in [1.165, 1.54) is 0 Å². The lowest BCUT2D eigenvalue weighted by molar-refractivity contribution is 0.389. The van der Waals surface area contributed by atoms with Crippen molar-refractivity contribution in [3.8, 4) is 17.2 Å². The number of pyridine rings is 1. The summed E-state index contributed by atoms with van der Waals surface area (Å²) in [5.74, 6) is 1.40. The summed E-state index contributed by atoms with van der Waals surface area (Å²) in [7, 11) is 1.56. The van der Waals surface area contributed by atoms with Crippen LogP contribution in [0.5, 0.6) is 5.75 Å². The van der Waals surface area contributed by atoms with Crippen LogP contribution >= 0.6 is 0 Å². The van der Waals surface area contributed by atoms with Crippen LogP contribution in [0.1, 0.15) is 19.7 Å². The normalized spacial score (nSPS) is 11.5. The summed E-state index contributed by atoms with van der Waals surface area (Å²) in [4.78, 5) is 8.21. The molecule has 0 saturated carbocycles. The van der Waals surface area contributed by atoms with E-state index in [2.05, 4.69) is 15.1 Å². The molecule has 0 aliphatic heterocycles. The third-order valence-corrected chi connectivity index (χ3v) is 2.24. The van der Waals surface area contributed by atoms with E-state index >= 15 is 0 Å². The largest absolute Gasteiger partial charge is 0.494 e. The molecule has 0 radical (unpaired) electrons. The van der Waals surface area contributed by atoms with Gasteiger partial charge in [-0.25, -0.2) is 0 Å². The van der Waals surface area contributed by atoms with Crippen molar-refractivity contribution in [3.05, 3.63) is 24.3 Å². The highest BCUT2D eigenvalue weighted by Gasteiger charge is 2.23. The summed E-state index contributed by atoms with van der Waals surface area (Å²) < 4.78 is 10.3. The number of hydrogen-bond acceptors (Lipinski definition) is 6. The minimum Gasteiger partial charge on any atom is -0.494 e. The summed E-state index contributed by atoms with van der Waals surface area (Å²) in [6, 6.07) is 1.75. The number of nitrogens with zero attached hydrogens (tertiary/aromatic N) is 3. The van der Waals surface area contributed by atoms with Crippen LogP contribution < -0.4 is 10.5 Å². The monoisotopic (exact) mass is 234 g/mol.